The van der Waals surface area contributed by atoms with Gasteiger partial charge in [-0.05, 0) is 44.0 Å². The smallest absolute Gasteiger partial charge is 0.272 e. The highest BCUT2D eigenvalue weighted by molar-refractivity contribution is 5.92. The third-order valence-corrected chi connectivity index (χ3v) is 5.73. The van der Waals surface area contributed by atoms with Gasteiger partial charge in [-0.15, -0.1) is 0 Å². The average Bonchev–Trinajstić information content (AvgIpc) is 2.92. The number of hydrogen-bond donors (Lipinski definition) is 2. The van der Waals surface area contributed by atoms with Crippen LogP contribution in [0.25, 0.3) is 0 Å². The molecule has 0 bridgehead atoms. The minimum absolute atomic E-state index is 0.0620. The highest BCUT2D eigenvalue weighted by Crippen LogP contribution is 2.51. The van der Waals surface area contributed by atoms with Crippen LogP contribution < -0.4 is 10.6 Å². The van der Waals surface area contributed by atoms with E-state index in [-0.39, 0.29) is 23.5 Å². The highest BCUT2D eigenvalue weighted by Gasteiger charge is 2.53. The van der Waals surface area contributed by atoms with Gasteiger partial charge in [0.25, 0.3) is 5.91 Å². The lowest BCUT2D eigenvalue weighted by molar-refractivity contribution is 0.00391. The number of ether oxygens (including phenoxy) is 1. The number of aromatic nitrogens is 2. The molecule has 1 amide bonds. The summed E-state index contributed by atoms with van der Waals surface area (Å²) >= 11 is 0. The maximum atomic E-state index is 12.8. The van der Waals surface area contributed by atoms with Crippen molar-refractivity contribution in [3.63, 3.8) is 0 Å². The zero-order valence-corrected chi connectivity index (χ0v) is 15.2. The molecule has 2 aliphatic rings. The molecule has 0 unspecified atom stereocenters. The lowest BCUT2D eigenvalue weighted by Crippen LogP contribution is -2.49. The van der Waals surface area contributed by atoms with Gasteiger partial charge in [-0.1, -0.05) is 24.3 Å². The van der Waals surface area contributed by atoms with Crippen molar-refractivity contribution in [3.05, 3.63) is 59.2 Å². The van der Waals surface area contributed by atoms with Crippen molar-refractivity contribution in [1.82, 2.24) is 20.6 Å². The Morgan fingerprint density at radius 2 is 2.00 bits per heavy atom. The Kier molecular flexibility index (Phi) is 4.46. The van der Waals surface area contributed by atoms with Gasteiger partial charge in [-0.25, -0.2) is 4.98 Å². The zero-order chi connectivity index (χ0) is 18.1. The van der Waals surface area contributed by atoms with Crippen LogP contribution in [0.3, 0.4) is 0 Å². The lowest BCUT2D eigenvalue weighted by Gasteiger charge is -2.40. The maximum Gasteiger partial charge on any atom is 0.272 e. The van der Waals surface area contributed by atoms with Gasteiger partial charge in [0.05, 0.1) is 24.0 Å². The largest absolute Gasteiger partial charge is 0.378 e. The fraction of sp³-hybridized carbons (Fsp3) is 0.450. The van der Waals surface area contributed by atoms with Crippen LogP contribution in [0.1, 0.15) is 46.2 Å². The third-order valence-electron chi connectivity index (χ3n) is 5.73. The molecule has 1 saturated heterocycles. The second kappa shape index (κ2) is 6.78. The highest BCUT2D eigenvalue weighted by atomic mass is 16.5. The van der Waals surface area contributed by atoms with Gasteiger partial charge < -0.3 is 15.4 Å². The quantitative estimate of drug-likeness (QED) is 0.882. The standard InChI is InChI=1S/C20H24N4O2/c1-13-11-23-16(12-22-13)19(25)24-17-14-5-3-4-6-15(14)20(18(17)26-2)7-9-21-10-8-20/h3-6,11-12,17-18,21H,7-10H2,1-2H3,(H,24,25)/t17-,18+/m0/s1. The van der Waals surface area contributed by atoms with Gasteiger partial charge in [0.2, 0.25) is 0 Å². The van der Waals surface area contributed by atoms with Crippen molar-refractivity contribution in [2.45, 2.75) is 37.3 Å². The van der Waals surface area contributed by atoms with E-state index in [1.54, 1.807) is 13.3 Å². The van der Waals surface area contributed by atoms with Gasteiger partial charge in [0, 0.05) is 18.7 Å². The van der Waals surface area contributed by atoms with E-state index in [0.29, 0.717) is 5.69 Å². The summed E-state index contributed by atoms with van der Waals surface area (Å²) in [6.07, 6.45) is 5.04. The SMILES string of the molecule is CO[C@@H]1[C@@H](NC(=O)c2cnc(C)cn2)c2ccccc2C12CCNCC2. The predicted molar refractivity (Wildman–Crippen MR) is 98.0 cm³/mol. The van der Waals surface area contributed by atoms with E-state index < -0.39 is 0 Å². The summed E-state index contributed by atoms with van der Waals surface area (Å²) < 4.78 is 5.98. The van der Waals surface area contributed by atoms with E-state index >= 15 is 0 Å². The fourth-order valence-electron chi connectivity index (χ4n) is 4.52. The Balaban J connectivity index is 1.69. The molecule has 2 heterocycles. The van der Waals surface area contributed by atoms with Crippen LogP contribution in [0.4, 0.5) is 0 Å². The number of nitrogens with zero attached hydrogens (tertiary/aromatic N) is 2. The predicted octanol–water partition coefficient (Wildman–Crippen LogP) is 1.91. The van der Waals surface area contributed by atoms with E-state index in [1.165, 1.54) is 11.8 Å². The lowest BCUT2D eigenvalue weighted by atomic mass is 9.72. The minimum atomic E-state index is -0.217. The molecule has 26 heavy (non-hydrogen) atoms. The number of piperidine rings is 1. The molecule has 0 radical (unpaired) electrons. The molecule has 1 aliphatic carbocycles. The Morgan fingerprint density at radius 1 is 1.23 bits per heavy atom. The van der Waals surface area contributed by atoms with Crippen LogP contribution in [0.15, 0.2) is 36.7 Å². The number of rotatable bonds is 3. The van der Waals surface area contributed by atoms with Gasteiger partial charge in [-0.3, -0.25) is 9.78 Å². The van der Waals surface area contributed by atoms with Crippen molar-refractivity contribution in [2.24, 2.45) is 0 Å². The first-order valence-electron chi connectivity index (χ1n) is 9.08. The molecule has 1 aromatic carbocycles. The van der Waals surface area contributed by atoms with Crippen LogP contribution in [0.2, 0.25) is 0 Å². The number of carbonyl (C=O) groups is 1. The number of benzene rings is 1. The maximum absolute atomic E-state index is 12.8. The first-order chi connectivity index (χ1) is 12.7. The number of methoxy groups -OCH3 is 1. The van der Waals surface area contributed by atoms with Crippen LogP contribution in [0.5, 0.6) is 0 Å². The molecule has 1 spiro atoms. The molecule has 2 aromatic rings. The van der Waals surface area contributed by atoms with Crippen molar-refractivity contribution >= 4 is 5.91 Å². The molecule has 136 valence electrons. The Morgan fingerprint density at radius 3 is 2.69 bits per heavy atom. The molecule has 6 heteroatoms. The molecule has 0 saturated carbocycles. The fourth-order valence-corrected chi connectivity index (χ4v) is 4.52. The summed E-state index contributed by atoms with van der Waals surface area (Å²) in [5, 5.41) is 6.59. The number of hydrogen-bond acceptors (Lipinski definition) is 5. The number of carbonyl (C=O) groups excluding carboxylic acids is 1. The molecule has 1 fully saturated rings. The van der Waals surface area contributed by atoms with Crippen molar-refractivity contribution in [2.75, 3.05) is 20.2 Å². The molecule has 1 aliphatic heterocycles. The van der Waals surface area contributed by atoms with Gasteiger partial charge >= 0.3 is 0 Å². The number of amides is 1. The third kappa shape index (κ3) is 2.70. The van der Waals surface area contributed by atoms with E-state index in [1.807, 2.05) is 13.0 Å². The van der Waals surface area contributed by atoms with Crippen LogP contribution in [-0.4, -0.2) is 42.2 Å². The topological polar surface area (TPSA) is 76.1 Å². The summed E-state index contributed by atoms with van der Waals surface area (Å²) in [4.78, 5) is 21.2. The van der Waals surface area contributed by atoms with E-state index in [0.717, 1.165) is 37.2 Å². The summed E-state index contributed by atoms with van der Waals surface area (Å²) in [5.41, 5.74) is 3.50. The van der Waals surface area contributed by atoms with Gasteiger partial charge in [-0.2, -0.15) is 0 Å². The molecule has 4 rings (SSSR count). The minimum Gasteiger partial charge on any atom is -0.378 e. The Hall–Kier alpha value is -2.31. The van der Waals surface area contributed by atoms with Crippen LogP contribution >= 0.6 is 0 Å². The molecular weight excluding hydrogens is 328 g/mol. The van der Waals surface area contributed by atoms with Gasteiger partial charge in [0.15, 0.2) is 0 Å². The number of nitrogens with one attached hydrogen (secondary N) is 2. The summed E-state index contributed by atoms with van der Waals surface area (Å²) in [7, 11) is 1.74. The molecule has 2 N–H and O–H groups in total. The van der Waals surface area contributed by atoms with E-state index in [4.69, 9.17) is 4.74 Å². The van der Waals surface area contributed by atoms with Crippen molar-refractivity contribution in [3.8, 4) is 0 Å². The van der Waals surface area contributed by atoms with Crippen molar-refractivity contribution < 1.29 is 9.53 Å². The second-order valence-corrected chi connectivity index (χ2v) is 7.14. The second-order valence-electron chi connectivity index (χ2n) is 7.14. The first kappa shape index (κ1) is 17.1. The normalized spacial score (nSPS) is 23.6. The number of aryl methyl sites for hydroxylation is 1. The summed E-state index contributed by atoms with van der Waals surface area (Å²) in [5.74, 6) is -0.217. The van der Waals surface area contributed by atoms with Crippen molar-refractivity contribution in [1.29, 1.82) is 0 Å². The average molecular weight is 352 g/mol. The van der Waals surface area contributed by atoms with E-state index in [9.17, 15) is 4.79 Å². The Bertz CT molecular complexity index is 800. The summed E-state index contributed by atoms with van der Waals surface area (Å²) in [6, 6.07) is 8.19. The zero-order valence-electron chi connectivity index (χ0n) is 15.2. The molecule has 1 aromatic heterocycles. The number of fused-ring (bicyclic) bond motifs is 2. The molecule has 2 atom stereocenters. The Labute approximate surface area is 153 Å². The van der Waals surface area contributed by atoms with Crippen LogP contribution in [0, 0.1) is 6.92 Å². The molecule has 6 nitrogen and oxygen atoms in total. The molecular formula is C20H24N4O2. The van der Waals surface area contributed by atoms with E-state index in [2.05, 4.69) is 38.8 Å². The van der Waals surface area contributed by atoms with Gasteiger partial charge in [0.1, 0.15) is 5.69 Å². The summed E-state index contributed by atoms with van der Waals surface area (Å²) in [6.45, 7) is 3.76. The first-order valence-corrected chi connectivity index (χ1v) is 9.08. The monoisotopic (exact) mass is 352 g/mol. The van der Waals surface area contributed by atoms with Crippen LogP contribution in [-0.2, 0) is 10.2 Å².